The topological polar surface area (TPSA) is 58.7 Å². The van der Waals surface area contributed by atoms with Crippen molar-refractivity contribution in [3.63, 3.8) is 0 Å². The summed E-state index contributed by atoms with van der Waals surface area (Å²) in [5.41, 5.74) is 8.14. The number of ether oxygens (including phenoxy) is 1. The second-order valence-corrected chi connectivity index (χ2v) is 6.01. The SMILES string of the molecule is CC1CN(c2ccc([C@H](C)N)c(Br)c2)CC(CO)O1. The van der Waals surface area contributed by atoms with Gasteiger partial charge in [0.25, 0.3) is 0 Å². The molecule has 0 bridgehead atoms. The van der Waals surface area contributed by atoms with Crippen molar-refractivity contribution in [1.82, 2.24) is 0 Å². The predicted molar refractivity (Wildman–Crippen MR) is 80.4 cm³/mol. The molecular formula is C14H21BrN2O2. The molecule has 2 rings (SSSR count). The number of aliphatic hydroxyl groups excluding tert-OH is 1. The van der Waals surface area contributed by atoms with E-state index in [0.29, 0.717) is 6.54 Å². The lowest BCUT2D eigenvalue weighted by molar-refractivity contribution is -0.0421. The average Bonchev–Trinajstić information content (AvgIpc) is 2.37. The molecule has 0 spiro atoms. The molecule has 4 nitrogen and oxygen atoms in total. The Morgan fingerprint density at radius 2 is 2.26 bits per heavy atom. The number of halogens is 1. The van der Waals surface area contributed by atoms with Crippen LogP contribution in [-0.4, -0.2) is 37.0 Å². The number of morpholine rings is 1. The highest BCUT2D eigenvalue weighted by Gasteiger charge is 2.25. The lowest BCUT2D eigenvalue weighted by Crippen LogP contribution is -2.48. The molecule has 3 N–H and O–H groups in total. The molecule has 0 radical (unpaired) electrons. The summed E-state index contributed by atoms with van der Waals surface area (Å²) >= 11 is 3.57. The van der Waals surface area contributed by atoms with Gasteiger partial charge in [0.2, 0.25) is 0 Å². The smallest absolute Gasteiger partial charge is 0.0984 e. The summed E-state index contributed by atoms with van der Waals surface area (Å²) in [7, 11) is 0. The molecule has 19 heavy (non-hydrogen) atoms. The molecule has 1 aromatic carbocycles. The van der Waals surface area contributed by atoms with Crippen LogP contribution < -0.4 is 10.6 Å². The Kier molecular flexibility index (Phi) is 4.84. The normalized spacial score (nSPS) is 25.4. The number of rotatable bonds is 3. The molecule has 0 aliphatic carbocycles. The van der Waals surface area contributed by atoms with Gasteiger partial charge < -0.3 is 20.5 Å². The van der Waals surface area contributed by atoms with E-state index in [1.807, 2.05) is 13.8 Å². The lowest BCUT2D eigenvalue weighted by atomic mass is 10.1. The van der Waals surface area contributed by atoms with Gasteiger partial charge in [-0.25, -0.2) is 0 Å². The predicted octanol–water partition coefficient (Wildman–Crippen LogP) is 2.05. The van der Waals surface area contributed by atoms with Crippen molar-refractivity contribution in [1.29, 1.82) is 0 Å². The molecule has 106 valence electrons. The van der Waals surface area contributed by atoms with Gasteiger partial charge in [-0.05, 0) is 31.5 Å². The highest BCUT2D eigenvalue weighted by atomic mass is 79.9. The van der Waals surface area contributed by atoms with Gasteiger partial charge in [0.15, 0.2) is 0 Å². The standard InChI is InChI=1S/C14H21BrN2O2/c1-9-6-17(7-12(8-18)19-9)11-3-4-13(10(2)16)14(15)5-11/h3-5,9-10,12,18H,6-8,16H2,1-2H3/t9?,10-,12?/m0/s1. The van der Waals surface area contributed by atoms with E-state index in [1.165, 1.54) is 0 Å². The zero-order valence-corrected chi connectivity index (χ0v) is 12.9. The van der Waals surface area contributed by atoms with Gasteiger partial charge >= 0.3 is 0 Å². The third-order valence-corrected chi connectivity index (χ3v) is 4.06. The van der Waals surface area contributed by atoms with Gasteiger partial charge in [0.1, 0.15) is 0 Å². The Morgan fingerprint density at radius 3 is 2.84 bits per heavy atom. The molecule has 1 saturated heterocycles. The molecule has 0 saturated carbocycles. The first-order valence-electron chi connectivity index (χ1n) is 6.57. The highest BCUT2D eigenvalue weighted by Crippen LogP contribution is 2.29. The first kappa shape index (κ1) is 14.8. The summed E-state index contributed by atoms with van der Waals surface area (Å²) in [6.45, 7) is 5.60. The maximum Gasteiger partial charge on any atom is 0.0984 e. The van der Waals surface area contributed by atoms with E-state index in [2.05, 4.69) is 39.0 Å². The van der Waals surface area contributed by atoms with Crippen molar-refractivity contribution in [3.8, 4) is 0 Å². The first-order valence-corrected chi connectivity index (χ1v) is 7.37. The summed E-state index contributed by atoms with van der Waals surface area (Å²) in [4.78, 5) is 2.24. The summed E-state index contributed by atoms with van der Waals surface area (Å²) in [5, 5.41) is 9.27. The van der Waals surface area contributed by atoms with Crippen LogP contribution in [0.1, 0.15) is 25.5 Å². The zero-order valence-electron chi connectivity index (χ0n) is 11.3. The Bertz CT molecular complexity index is 439. The average molecular weight is 329 g/mol. The number of hydrogen-bond acceptors (Lipinski definition) is 4. The third-order valence-electron chi connectivity index (χ3n) is 3.37. The van der Waals surface area contributed by atoms with Crippen molar-refractivity contribution >= 4 is 21.6 Å². The zero-order chi connectivity index (χ0) is 14.0. The Balaban J connectivity index is 2.19. The van der Waals surface area contributed by atoms with Gasteiger partial charge in [-0.3, -0.25) is 0 Å². The fourth-order valence-corrected chi connectivity index (χ4v) is 3.17. The lowest BCUT2D eigenvalue weighted by Gasteiger charge is -2.37. The molecular weight excluding hydrogens is 308 g/mol. The summed E-state index contributed by atoms with van der Waals surface area (Å²) in [5.74, 6) is 0. The minimum Gasteiger partial charge on any atom is -0.394 e. The van der Waals surface area contributed by atoms with Crippen LogP contribution >= 0.6 is 15.9 Å². The first-order chi connectivity index (χ1) is 9.01. The number of benzene rings is 1. The van der Waals surface area contributed by atoms with E-state index in [9.17, 15) is 5.11 Å². The largest absolute Gasteiger partial charge is 0.394 e. The number of nitrogens with two attached hydrogens (primary N) is 1. The molecule has 1 heterocycles. The quantitative estimate of drug-likeness (QED) is 0.891. The van der Waals surface area contributed by atoms with Gasteiger partial charge in [0.05, 0.1) is 18.8 Å². The van der Waals surface area contributed by atoms with Gasteiger partial charge in [-0.2, -0.15) is 0 Å². The van der Waals surface area contributed by atoms with E-state index >= 15 is 0 Å². The van der Waals surface area contributed by atoms with E-state index in [0.717, 1.165) is 22.3 Å². The van der Waals surface area contributed by atoms with Crippen molar-refractivity contribution in [2.75, 3.05) is 24.6 Å². The fraction of sp³-hybridized carbons (Fsp3) is 0.571. The third kappa shape index (κ3) is 3.48. The molecule has 3 atom stereocenters. The van der Waals surface area contributed by atoms with Crippen LogP contribution in [0.3, 0.4) is 0 Å². The van der Waals surface area contributed by atoms with Crippen LogP contribution in [0, 0.1) is 0 Å². The van der Waals surface area contributed by atoms with Crippen molar-refractivity contribution < 1.29 is 9.84 Å². The summed E-state index contributed by atoms with van der Waals surface area (Å²) in [6, 6.07) is 6.23. The maximum atomic E-state index is 9.27. The summed E-state index contributed by atoms with van der Waals surface area (Å²) in [6.07, 6.45) is 0.00779. The second kappa shape index (κ2) is 6.22. The number of anilines is 1. The minimum atomic E-state index is -0.115. The number of nitrogens with zero attached hydrogens (tertiary/aromatic N) is 1. The molecule has 2 unspecified atom stereocenters. The fourth-order valence-electron chi connectivity index (χ4n) is 2.44. The van der Waals surface area contributed by atoms with Gasteiger partial charge in [-0.1, -0.05) is 22.0 Å². The number of aliphatic hydroxyl groups is 1. The monoisotopic (exact) mass is 328 g/mol. The molecule has 1 aromatic rings. The van der Waals surface area contributed by atoms with Crippen LogP contribution in [0.5, 0.6) is 0 Å². The Hall–Kier alpha value is -0.620. The van der Waals surface area contributed by atoms with Gasteiger partial charge in [-0.15, -0.1) is 0 Å². The van der Waals surface area contributed by atoms with Crippen LogP contribution in [-0.2, 0) is 4.74 Å². The van der Waals surface area contributed by atoms with Crippen LogP contribution in [0.2, 0.25) is 0 Å². The Labute approximate surface area is 122 Å². The second-order valence-electron chi connectivity index (χ2n) is 5.15. The molecule has 5 heteroatoms. The maximum absolute atomic E-state index is 9.27. The molecule has 1 fully saturated rings. The Morgan fingerprint density at radius 1 is 1.53 bits per heavy atom. The summed E-state index contributed by atoms with van der Waals surface area (Å²) < 4.78 is 6.68. The van der Waals surface area contributed by atoms with Crippen LogP contribution in [0.15, 0.2) is 22.7 Å². The van der Waals surface area contributed by atoms with Gasteiger partial charge in [0, 0.05) is 29.3 Å². The molecule has 0 aromatic heterocycles. The van der Waals surface area contributed by atoms with E-state index in [1.54, 1.807) is 0 Å². The van der Waals surface area contributed by atoms with E-state index < -0.39 is 0 Å². The number of hydrogen-bond donors (Lipinski definition) is 2. The minimum absolute atomic E-state index is 0.0113. The van der Waals surface area contributed by atoms with Crippen molar-refractivity contribution in [3.05, 3.63) is 28.2 Å². The molecule has 1 aliphatic rings. The highest BCUT2D eigenvalue weighted by molar-refractivity contribution is 9.10. The van der Waals surface area contributed by atoms with Crippen molar-refractivity contribution in [2.24, 2.45) is 5.73 Å². The van der Waals surface area contributed by atoms with Crippen LogP contribution in [0.4, 0.5) is 5.69 Å². The van der Waals surface area contributed by atoms with Crippen molar-refractivity contribution in [2.45, 2.75) is 32.1 Å². The molecule has 1 aliphatic heterocycles. The van der Waals surface area contributed by atoms with Crippen LogP contribution in [0.25, 0.3) is 0 Å². The molecule has 0 amide bonds. The van der Waals surface area contributed by atoms with E-state index in [-0.39, 0.29) is 24.9 Å². The van der Waals surface area contributed by atoms with E-state index in [4.69, 9.17) is 10.5 Å².